The zero-order valence-corrected chi connectivity index (χ0v) is 14.3. The van der Waals surface area contributed by atoms with Gasteiger partial charge in [-0.25, -0.2) is 0 Å². The topological polar surface area (TPSA) is 29.1 Å². The number of halogens is 2. The highest BCUT2D eigenvalue weighted by atomic mass is 35.5. The largest absolute Gasteiger partial charge is 0.378 e. The zero-order valence-electron chi connectivity index (χ0n) is 12.8. The summed E-state index contributed by atoms with van der Waals surface area (Å²) in [4.78, 5) is 12.4. The van der Waals surface area contributed by atoms with Gasteiger partial charge in [0.1, 0.15) is 5.78 Å². The highest BCUT2D eigenvalue weighted by Gasteiger charge is 2.31. The molecule has 2 nitrogen and oxygen atoms in total. The summed E-state index contributed by atoms with van der Waals surface area (Å²) in [6.07, 6.45) is 3.70. The molecule has 120 valence electrons. The van der Waals surface area contributed by atoms with Crippen LogP contribution in [-0.2, 0) is 4.79 Å². The number of rotatable bonds is 4. The summed E-state index contributed by atoms with van der Waals surface area (Å²) in [5.74, 6) is 0.346. The zero-order chi connectivity index (χ0) is 16.2. The van der Waals surface area contributed by atoms with E-state index < -0.39 is 0 Å². The Hall–Kier alpha value is -1.51. The maximum atomic E-state index is 12.4. The molecule has 1 aliphatic carbocycles. The Balaban J connectivity index is 1.90. The Kier molecular flexibility index (Phi) is 5.24. The summed E-state index contributed by atoms with van der Waals surface area (Å²) in [6, 6.07) is 15.3. The van der Waals surface area contributed by atoms with Gasteiger partial charge in [-0.3, -0.25) is 4.79 Å². The third-order valence-corrected chi connectivity index (χ3v) is 4.90. The molecular formula is C19H19Cl2NO. The van der Waals surface area contributed by atoms with Crippen molar-refractivity contribution in [1.29, 1.82) is 0 Å². The number of ketones is 1. The van der Waals surface area contributed by atoms with Gasteiger partial charge in [-0.15, -0.1) is 0 Å². The Morgan fingerprint density at radius 2 is 1.52 bits per heavy atom. The van der Waals surface area contributed by atoms with Crippen molar-refractivity contribution in [3.05, 3.63) is 64.1 Å². The van der Waals surface area contributed by atoms with Crippen LogP contribution in [0.3, 0.4) is 0 Å². The second-order valence-corrected chi connectivity index (χ2v) is 6.87. The SMILES string of the molecule is O=C1CCCC[C@@H]1[C@H](Nc1ccc(Cl)cc1)c1ccc(Cl)cc1. The summed E-state index contributed by atoms with van der Waals surface area (Å²) in [7, 11) is 0. The summed E-state index contributed by atoms with van der Waals surface area (Å²) >= 11 is 12.0. The van der Waals surface area contributed by atoms with Crippen LogP contribution in [0.25, 0.3) is 0 Å². The predicted octanol–water partition coefficient (Wildman–Crippen LogP) is 5.91. The number of Topliss-reactive ketones (excluding diaryl/α,β-unsaturated/α-hetero) is 1. The van der Waals surface area contributed by atoms with E-state index in [2.05, 4.69) is 5.32 Å². The van der Waals surface area contributed by atoms with E-state index in [1.54, 1.807) is 0 Å². The standard InChI is InChI=1S/C19H19Cl2NO/c20-14-7-5-13(6-8-14)19(17-3-1-2-4-18(17)23)22-16-11-9-15(21)10-12-16/h5-12,17,19,22H,1-4H2/t17-,19+/m0/s1. The molecular weight excluding hydrogens is 329 g/mol. The van der Waals surface area contributed by atoms with Crippen molar-refractivity contribution in [2.45, 2.75) is 31.7 Å². The lowest BCUT2D eigenvalue weighted by Gasteiger charge is -2.31. The summed E-state index contributed by atoms with van der Waals surface area (Å²) in [5, 5.41) is 4.92. The molecule has 0 unspecified atom stereocenters. The Bertz CT molecular complexity index is 667. The first-order valence-electron chi connectivity index (χ1n) is 7.94. The van der Waals surface area contributed by atoms with Crippen molar-refractivity contribution in [2.24, 2.45) is 5.92 Å². The fraction of sp³-hybridized carbons (Fsp3) is 0.316. The Labute approximate surface area is 146 Å². The summed E-state index contributed by atoms with van der Waals surface area (Å²) < 4.78 is 0. The van der Waals surface area contributed by atoms with Gasteiger partial charge >= 0.3 is 0 Å². The van der Waals surface area contributed by atoms with Crippen molar-refractivity contribution in [3.63, 3.8) is 0 Å². The fourth-order valence-electron chi connectivity index (χ4n) is 3.17. The van der Waals surface area contributed by atoms with E-state index in [0.29, 0.717) is 22.2 Å². The predicted molar refractivity (Wildman–Crippen MR) is 96.2 cm³/mol. The number of hydrogen-bond acceptors (Lipinski definition) is 2. The van der Waals surface area contributed by atoms with Crippen LogP contribution < -0.4 is 5.32 Å². The second kappa shape index (κ2) is 7.37. The molecule has 0 spiro atoms. The van der Waals surface area contributed by atoms with Crippen LogP contribution in [0.5, 0.6) is 0 Å². The quantitative estimate of drug-likeness (QED) is 0.745. The van der Waals surface area contributed by atoms with E-state index in [0.717, 1.165) is 30.5 Å². The Morgan fingerprint density at radius 3 is 2.13 bits per heavy atom. The minimum absolute atomic E-state index is 0.000559. The van der Waals surface area contributed by atoms with Gasteiger partial charge in [-0.2, -0.15) is 0 Å². The summed E-state index contributed by atoms with van der Waals surface area (Å²) in [5.41, 5.74) is 2.05. The van der Waals surface area contributed by atoms with Crippen LogP contribution in [0.2, 0.25) is 10.0 Å². The molecule has 2 aromatic rings. The van der Waals surface area contributed by atoms with E-state index in [4.69, 9.17) is 23.2 Å². The molecule has 1 N–H and O–H groups in total. The number of carbonyl (C=O) groups is 1. The maximum Gasteiger partial charge on any atom is 0.138 e. The lowest BCUT2D eigenvalue weighted by atomic mass is 9.80. The number of nitrogens with one attached hydrogen (secondary N) is 1. The van der Waals surface area contributed by atoms with Gasteiger partial charge in [0.05, 0.1) is 6.04 Å². The van der Waals surface area contributed by atoms with E-state index in [9.17, 15) is 4.79 Å². The smallest absolute Gasteiger partial charge is 0.138 e. The molecule has 0 aliphatic heterocycles. The van der Waals surface area contributed by atoms with Gasteiger partial charge < -0.3 is 5.32 Å². The lowest BCUT2D eigenvalue weighted by Crippen LogP contribution is -2.30. The molecule has 23 heavy (non-hydrogen) atoms. The summed E-state index contributed by atoms with van der Waals surface area (Å²) in [6.45, 7) is 0. The van der Waals surface area contributed by atoms with Gasteiger partial charge in [0.25, 0.3) is 0 Å². The third kappa shape index (κ3) is 4.07. The number of benzene rings is 2. The van der Waals surface area contributed by atoms with Crippen LogP contribution in [0.4, 0.5) is 5.69 Å². The van der Waals surface area contributed by atoms with E-state index >= 15 is 0 Å². The van der Waals surface area contributed by atoms with Crippen LogP contribution in [0.1, 0.15) is 37.3 Å². The molecule has 0 radical (unpaired) electrons. The molecule has 3 rings (SSSR count). The molecule has 2 atom stereocenters. The van der Waals surface area contributed by atoms with Gasteiger partial charge in [0, 0.05) is 28.1 Å². The van der Waals surface area contributed by atoms with Gasteiger partial charge in [0.2, 0.25) is 0 Å². The molecule has 0 bridgehead atoms. The van der Waals surface area contributed by atoms with Crippen LogP contribution in [-0.4, -0.2) is 5.78 Å². The minimum atomic E-state index is -0.0405. The third-order valence-electron chi connectivity index (χ3n) is 4.40. The molecule has 0 saturated heterocycles. The average molecular weight is 348 g/mol. The van der Waals surface area contributed by atoms with Crippen molar-refractivity contribution < 1.29 is 4.79 Å². The van der Waals surface area contributed by atoms with Crippen LogP contribution >= 0.6 is 23.2 Å². The van der Waals surface area contributed by atoms with Crippen molar-refractivity contribution in [3.8, 4) is 0 Å². The molecule has 0 amide bonds. The van der Waals surface area contributed by atoms with Gasteiger partial charge in [-0.05, 0) is 54.8 Å². The number of hydrogen-bond donors (Lipinski definition) is 1. The molecule has 1 saturated carbocycles. The van der Waals surface area contributed by atoms with Crippen molar-refractivity contribution in [1.82, 2.24) is 0 Å². The first-order chi connectivity index (χ1) is 11.1. The van der Waals surface area contributed by atoms with E-state index in [1.165, 1.54) is 0 Å². The monoisotopic (exact) mass is 347 g/mol. The molecule has 2 aromatic carbocycles. The van der Waals surface area contributed by atoms with E-state index in [-0.39, 0.29) is 12.0 Å². The molecule has 0 heterocycles. The molecule has 0 aromatic heterocycles. The first kappa shape index (κ1) is 16.4. The second-order valence-electron chi connectivity index (χ2n) is 6.00. The van der Waals surface area contributed by atoms with E-state index in [1.807, 2.05) is 48.5 Å². The highest BCUT2D eigenvalue weighted by molar-refractivity contribution is 6.30. The first-order valence-corrected chi connectivity index (χ1v) is 8.69. The molecule has 4 heteroatoms. The Morgan fingerprint density at radius 1 is 0.913 bits per heavy atom. The lowest BCUT2D eigenvalue weighted by molar-refractivity contribution is -0.125. The maximum absolute atomic E-state index is 12.4. The van der Waals surface area contributed by atoms with Gasteiger partial charge in [0.15, 0.2) is 0 Å². The van der Waals surface area contributed by atoms with Crippen molar-refractivity contribution >= 4 is 34.7 Å². The minimum Gasteiger partial charge on any atom is -0.378 e. The fourth-order valence-corrected chi connectivity index (χ4v) is 3.43. The average Bonchev–Trinajstić information content (AvgIpc) is 2.56. The van der Waals surface area contributed by atoms with Gasteiger partial charge in [-0.1, -0.05) is 41.8 Å². The van der Waals surface area contributed by atoms with Crippen molar-refractivity contribution in [2.75, 3.05) is 5.32 Å². The highest BCUT2D eigenvalue weighted by Crippen LogP contribution is 2.35. The number of anilines is 1. The van der Waals surface area contributed by atoms with Crippen LogP contribution in [0.15, 0.2) is 48.5 Å². The van der Waals surface area contributed by atoms with Crippen LogP contribution in [0, 0.1) is 5.92 Å². The molecule has 1 aliphatic rings. The normalized spacial score (nSPS) is 19.4. The number of carbonyl (C=O) groups excluding carboxylic acids is 1. The molecule has 1 fully saturated rings.